The molecule has 0 aliphatic heterocycles. The zero-order valence-electron chi connectivity index (χ0n) is 14.3. The molecule has 0 bridgehead atoms. The van der Waals surface area contributed by atoms with Crippen LogP contribution in [0.5, 0.6) is 5.75 Å². The molecule has 1 aromatic rings. The number of ether oxygens (including phenoxy) is 1. The summed E-state index contributed by atoms with van der Waals surface area (Å²) in [6.45, 7) is 2.68. The predicted molar refractivity (Wildman–Crippen MR) is 89.1 cm³/mol. The molecule has 2 rings (SSSR count). The number of halogens is 1. The Bertz CT molecular complexity index is 558. The summed E-state index contributed by atoms with van der Waals surface area (Å²) in [5, 5.41) is 2.79. The highest BCUT2D eigenvalue weighted by molar-refractivity contribution is 5.88. The largest absolute Gasteiger partial charge is 0.494 e. The molecule has 0 heterocycles. The number of carbonyl (C=O) groups is 2. The highest BCUT2D eigenvalue weighted by Gasteiger charge is 2.28. The second kappa shape index (κ2) is 8.66. The van der Waals surface area contributed by atoms with E-state index in [1.807, 2.05) is 0 Å². The van der Waals surface area contributed by atoms with Gasteiger partial charge in [-0.3, -0.25) is 9.59 Å². The number of carbonyl (C=O) groups excluding carboxylic acids is 2. The van der Waals surface area contributed by atoms with Crippen LogP contribution in [0.1, 0.15) is 32.6 Å². The molecule has 2 amide bonds. The monoisotopic (exact) mass is 336 g/mol. The van der Waals surface area contributed by atoms with Gasteiger partial charge in [-0.2, -0.15) is 0 Å². The lowest BCUT2D eigenvalue weighted by atomic mass is 9.84. The van der Waals surface area contributed by atoms with Crippen LogP contribution in [0.25, 0.3) is 0 Å². The number of rotatable bonds is 8. The van der Waals surface area contributed by atoms with Crippen LogP contribution in [0.15, 0.2) is 24.3 Å². The zero-order chi connectivity index (χ0) is 17.5. The van der Waals surface area contributed by atoms with Gasteiger partial charge in [-0.05, 0) is 50.5 Å². The van der Waals surface area contributed by atoms with Crippen molar-refractivity contribution in [2.24, 2.45) is 5.92 Å². The van der Waals surface area contributed by atoms with Gasteiger partial charge in [0.05, 0.1) is 6.61 Å². The van der Waals surface area contributed by atoms with E-state index < -0.39 is 6.04 Å². The van der Waals surface area contributed by atoms with E-state index in [0.717, 1.165) is 19.3 Å². The average molecular weight is 336 g/mol. The van der Waals surface area contributed by atoms with E-state index in [4.69, 9.17) is 4.74 Å². The summed E-state index contributed by atoms with van der Waals surface area (Å²) in [5.74, 6) is 0.256. The molecule has 1 aliphatic carbocycles. The lowest BCUT2D eigenvalue weighted by Gasteiger charge is -2.27. The zero-order valence-corrected chi connectivity index (χ0v) is 14.3. The summed E-state index contributed by atoms with van der Waals surface area (Å²) in [6.07, 6.45) is 3.59. The molecule has 1 atom stereocenters. The standard InChI is InChI=1S/C18H25FN2O3/c1-13(20-17(22)14-5-3-6-14)18(23)21(2)11-4-12-24-16-9-7-15(19)8-10-16/h7-10,13-14H,3-6,11-12H2,1-2H3,(H,20,22). The van der Waals surface area contributed by atoms with Crippen LogP contribution in [0.3, 0.4) is 0 Å². The maximum absolute atomic E-state index is 12.8. The molecule has 132 valence electrons. The highest BCUT2D eigenvalue weighted by Crippen LogP contribution is 2.26. The first-order chi connectivity index (χ1) is 11.5. The van der Waals surface area contributed by atoms with Gasteiger partial charge < -0.3 is 15.0 Å². The summed E-state index contributed by atoms with van der Waals surface area (Å²) in [4.78, 5) is 25.7. The number of nitrogens with zero attached hydrogens (tertiary/aromatic N) is 1. The molecular formula is C18H25FN2O3. The summed E-state index contributed by atoms with van der Waals surface area (Å²) in [6, 6.07) is 5.32. The third kappa shape index (κ3) is 5.22. The van der Waals surface area contributed by atoms with Crippen molar-refractivity contribution >= 4 is 11.8 Å². The highest BCUT2D eigenvalue weighted by atomic mass is 19.1. The van der Waals surface area contributed by atoms with Gasteiger partial charge in [0.25, 0.3) is 0 Å². The molecule has 1 aliphatic rings. The molecule has 1 aromatic carbocycles. The third-order valence-electron chi connectivity index (χ3n) is 4.30. The first-order valence-corrected chi connectivity index (χ1v) is 8.41. The quantitative estimate of drug-likeness (QED) is 0.742. The van der Waals surface area contributed by atoms with Gasteiger partial charge >= 0.3 is 0 Å². The van der Waals surface area contributed by atoms with Crippen molar-refractivity contribution in [3.63, 3.8) is 0 Å². The number of likely N-dealkylation sites (N-methyl/N-ethyl adjacent to an activating group) is 1. The van der Waals surface area contributed by atoms with Crippen LogP contribution < -0.4 is 10.1 Å². The van der Waals surface area contributed by atoms with Crippen LogP contribution >= 0.6 is 0 Å². The SMILES string of the molecule is CC(NC(=O)C1CCC1)C(=O)N(C)CCCOc1ccc(F)cc1. The van der Waals surface area contributed by atoms with Crippen LogP contribution in [-0.4, -0.2) is 43.0 Å². The number of hydrogen-bond donors (Lipinski definition) is 1. The van der Waals surface area contributed by atoms with Gasteiger partial charge in [0.2, 0.25) is 11.8 Å². The Hall–Kier alpha value is -2.11. The molecule has 1 unspecified atom stereocenters. The minimum Gasteiger partial charge on any atom is -0.494 e. The molecule has 0 spiro atoms. The normalized spacial score (nSPS) is 15.3. The third-order valence-corrected chi connectivity index (χ3v) is 4.30. The maximum Gasteiger partial charge on any atom is 0.244 e. The number of nitrogens with one attached hydrogen (secondary N) is 1. The van der Waals surface area contributed by atoms with E-state index in [1.54, 1.807) is 31.0 Å². The van der Waals surface area contributed by atoms with Crippen molar-refractivity contribution in [1.29, 1.82) is 0 Å². The maximum atomic E-state index is 12.8. The van der Waals surface area contributed by atoms with E-state index >= 15 is 0 Å². The van der Waals surface area contributed by atoms with Crippen molar-refractivity contribution in [3.8, 4) is 5.75 Å². The Labute approximate surface area is 142 Å². The Morgan fingerprint density at radius 1 is 1.33 bits per heavy atom. The molecule has 1 N–H and O–H groups in total. The van der Waals surface area contributed by atoms with Gasteiger partial charge in [-0.1, -0.05) is 6.42 Å². The van der Waals surface area contributed by atoms with Crippen molar-refractivity contribution in [1.82, 2.24) is 10.2 Å². The van der Waals surface area contributed by atoms with E-state index in [2.05, 4.69) is 5.32 Å². The lowest BCUT2D eigenvalue weighted by molar-refractivity contribution is -0.137. The fourth-order valence-corrected chi connectivity index (χ4v) is 2.53. The van der Waals surface area contributed by atoms with Crippen molar-refractivity contribution in [3.05, 3.63) is 30.1 Å². The van der Waals surface area contributed by atoms with E-state index in [-0.39, 0.29) is 23.5 Å². The fraction of sp³-hybridized carbons (Fsp3) is 0.556. The number of benzene rings is 1. The lowest BCUT2D eigenvalue weighted by Crippen LogP contribution is -2.48. The van der Waals surface area contributed by atoms with Crippen LogP contribution in [0.2, 0.25) is 0 Å². The van der Waals surface area contributed by atoms with Crippen LogP contribution in [0.4, 0.5) is 4.39 Å². The second-order valence-corrected chi connectivity index (χ2v) is 6.27. The Kier molecular flexibility index (Phi) is 6.58. The molecule has 24 heavy (non-hydrogen) atoms. The van der Waals surface area contributed by atoms with Crippen molar-refractivity contribution < 1.29 is 18.7 Å². The molecular weight excluding hydrogens is 311 g/mol. The summed E-state index contributed by atoms with van der Waals surface area (Å²) >= 11 is 0. The van der Waals surface area contributed by atoms with Gasteiger partial charge in [0.15, 0.2) is 0 Å². The first-order valence-electron chi connectivity index (χ1n) is 8.41. The summed E-state index contributed by atoms with van der Waals surface area (Å²) in [7, 11) is 1.71. The topological polar surface area (TPSA) is 58.6 Å². The fourth-order valence-electron chi connectivity index (χ4n) is 2.53. The summed E-state index contributed by atoms with van der Waals surface area (Å²) < 4.78 is 18.3. The predicted octanol–water partition coefficient (Wildman–Crippen LogP) is 2.36. The van der Waals surface area contributed by atoms with Gasteiger partial charge in [-0.15, -0.1) is 0 Å². The van der Waals surface area contributed by atoms with E-state index in [1.165, 1.54) is 12.1 Å². The molecule has 0 aromatic heterocycles. The Morgan fingerprint density at radius 2 is 2.00 bits per heavy atom. The number of amides is 2. The second-order valence-electron chi connectivity index (χ2n) is 6.27. The molecule has 0 radical (unpaired) electrons. The molecule has 0 saturated heterocycles. The minimum absolute atomic E-state index is 0.0184. The minimum atomic E-state index is -0.513. The first kappa shape index (κ1) is 18.2. The van der Waals surface area contributed by atoms with Gasteiger partial charge in [-0.25, -0.2) is 4.39 Å². The van der Waals surface area contributed by atoms with Crippen LogP contribution in [-0.2, 0) is 9.59 Å². The summed E-state index contributed by atoms with van der Waals surface area (Å²) in [5.41, 5.74) is 0. The Morgan fingerprint density at radius 3 is 2.58 bits per heavy atom. The Balaban J connectivity index is 1.65. The van der Waals surface area contributed by atoms with Crippen molar-refractivity contribution in [2.75, 3.05) is 20.2 Å². The number of hydrogen-bond acceptors (Lipinski definition) is 3. The van der Waals surface area contributed by atoms with Gasteiger partial charge in [0.1, 0.15) is 17.6 Å². The van der Waals surface area contributed by atoms with Gasteiger partial charge in [0, 0.05) is 19.5 Å². The van der Waals surface area contributed by atoms with Crippen LogP contribution in [0, 0.1) is 11.7 Å². The average Bonchev–Trinajstić information content (AvgIpc) is 2.50. The van der Waals surface area contributed by atoms with E-state index in [9.17, 15) is 14.0 Å². The molecule has 5 nitrogen and oxygen atoms in total. The smallest absolute Gasteiger partial charge is 0.244 e. The van der Waals surface area contributed by atoms with Crippen molar-refractivity contribution in [2.45, 2.75) is 38.6 Å². The molecule has 6 heteroatoms. The molecule has 1 fully saturated rings. The molecule has 1 saturated carbocycles. The van der Waals surface area contributed by atoms with E-state index in [0.29, 0.717) is 25.3 Å².